The first-order chi connectivity index (χ1) is 15.8. The Morgan fingerprint density at radius 3 is 2.58 bits per heavy atom. The molecule has 1 fully saturated rings. The highest BCUT2D eigenvalue weighted by atomic mass is 19.4. The fourth-order valence-corrected chi connectivity index (χ4v) is 3.36. The van der Waals surface area contributed by atoms with E-state index in [9.17, 15) is 13.2 Å². The van der Waals surface area contributed by atoms with Gasteiger partial charge >= 0.3 is 6.18 Å². The van der Waals surface area contributed by atoms with Gasteiger partial charge in [0.2, 0.25) is 0 Å². The molecule has 2 aromatic heterocycles. The molecule has 1 saturated carbocycles. The minimum atomic E-state index is -4.41. The van der Waals surface area contributed by atoms with E-state index in [0.717, 1.165) is 36.1 Å². The van der Waals surface area contributed by atoms with E-state index in [1.165, 1.54) is 12.1 Å². The van der Waals surface area contributed by atoms with Crippen molar-refractivity contribution in [1.29, 1.82) is 5.41 Å². The summed E-state index contributed by atoms with van der Waals surface area (Å²) in [6, 6.07) is 6.91. The first kappa shape index (κ1) is 22.3. The number of halogens is 3. The van der Waals surface area contributed by atoms with Crippen molar-refractivity contribution < 1.29 is 13.2 Å². The third-order valence-electron chi connectivity index (χ3n) is 5.30. The highest BCUT2D eigenvalue weighted by molar-refractivity contribution is 6.09. The minimum Gasteiger partial charge on any atom is -0.380 e. The Labute approximate surface area is 189 Å². The van der Waals surface area contributed by atoms with Gasteiger partial charge in [0.05, 0.1) is 30.1 Å². The van der Waals surface area contributed by atoms with Crippen molar-refractivity contribution in [2.75, 3.05) is 11.9 Å². The van der Waals surface area contributed by atoms with Crippen LogP contribution in [-0.2, 0) is 6.18 Å². The Morgan fingerprint density at radius 2 is 1.94 bits per heavy atom. The van der Waals surface area contributed by atoms with Crippen molar-refractivity contribution >= 4 is 17.2 Å². The molecule has 0 amide bonds. The lowest BCUT2D eigenvalue weighted by Gasteiger charge is -2.17. The summed E-state index contributed by atoms with van der Waals surface area (Å²) < 4.78 is 40.6. The summed E-state index contributed by atoms with van der Waals surface area (Å²) in [5.41, 5.74) is 2.61. The Kier molecular flexibility index (Phi) is 6.04. The molecule has 1 aromatic carbocycles. The molecule has 0 radical (unpaired) electrons. The van der Waals surface area contributed by atoms with Gasteiger partial charge in [-0.15, -0.1) is 0 Å². The Balaban J connectivity index is 1.69. The molecule has 33 heavy (non-hydrogen) atoms. The summed E-state index contributed by atoms with van der Waals surface area (Å²) >= 11 is 0. The second-order valence-corrected chi connectivity index (χ2v) is 7.78. The quantitative estimate of drug-likeness (QED) is 0.287. The number of rotatable bonds is 9. The summed E-state index contributed by atoms with van der Waals surface area (Å²) in [5, 5.41) is 19.3. The first-order valence-electron chi connectivity index (χ1n) is 10.4. The molecule has 170 valence electrons. The van der Waals surface area contributed by atoms with Gasteiger partial charge in [0.25, 0.3) is 0 Å². The van der Waals surface area contributed by atoms with Crippen LogP contribution in [0.15, 0.2) is 73.9 Å². The van der Waals surface area contributed by atoms with Gasteiger partial charge < -0.3 is 16.0 Å². The van der Waals surface area contributed by atoms with Gasteiger partial charge in [0.1, 0.15) is 5.82 Å². The van der Waals surface area contributed by atoms with E-state index in [1.807, 2.05) is 10.9 Å². The fraction of sp³-hybridized carbons (Fsp3) is 0.208. The van der Waals surface area contributed by atoms with Crippen molar-refractivity contribution in [3.8, 4) is 11.1 Å². The number of allylic oxidation sites excluding steroid dienone is 1. The molecular weight excluding hydrogens is 429 g/mol. The van der Waals surface area contributed by atoms with Gasteiger partial charge in [-0.3, -0.25) is 4.68 Å². The van der Waals surface area contributed by atoms with E-state index in [2.05, 4.69) is 33.9 Å². The Hall–Kier alpha value is -3.88. The number of hydrogen-bond acceptors (Lipinski definition) is 5. The van der Waals surface area contributed by atoms with E-state index < -0.39 is 11.7 Å². The standard InChI is InChI=1S/C24H23F3N6/c1-3-15(2)30-13-21(28)22-20(16-12-31-33(14-16)19-8-9-19)10-11-29-23(22)32-18-6-4-17(5-7-18)24(25,26)27/h3-7,10-12,14,19,28,30H,1-2,8-9,13H2,(H,29,32). The fourth-order valence-electron chi connectivity index (χ4n) is 3.36. The van der Waals surface area contributed by atoms with Gasteiger partial charge in [-0.25, -0.2) is 4.98 Å². The third kappa shape index (κ3) is 5.14. The van der Waals surface area contributed by atoms with E-state index in [4.69, 9.17) is 5.41 Å². The molecule has 3 aromatic rings. The number of pyridine rings is 1. The van der Waals surface area contributed by atoms with Crippen molar-refractivity contribution in [3.63, 3.8) is 0 Å². The maximum Gasteiger partial charge on any atom is 0.416 e. The second kappa shape index (κ2) is 8.93. The average molecular weight is 452 g/mol. The molecule has 9 heteroatoms. The summed E-state index contributed by atoms with van der Waals surface area (Å²) in [4.78, 5) is 4.38. The average Bonchev–Trinajstić information content (AvgIpc) is 3.53. The zero-order chi connectivity index (χ0) is 23.6. The number of aromatic nitrogens is 3. The molecule has 1 aliphatic carbocycles. The summed E-state index contributed by atoms with van der Waals surface area (Å²) in [7, 11) is 0. The molecule has 4 rings (SSSR count). The Morgan fingerprint density at radius 1 is 1.21 bits per heavy atom. The van der Waals surface area contributed by atoms with Crippen LogP contribution in [0, 0.1) is 5.41 Å². The van der Waals surface area contributed by atoms with Crippen LogP contribution in [0.25, 0.3) is 11.1 Å². The molecule has 6 nitrogen and oxygen atoms in total. The zero-order valence-corrected chi connectivity index (χ0v) is 17.8. The molecular formula is C24H23F3N6. The second-order valence-electron chi connectivity index (χ2n) is 7.78. The normalized spacial score (nSPS) is 13.4. The van der Waals surface area contributed by atoms with Crippen molar-refractivity contribution in [2.45, 2.75) is 25.1 Å². The molecule has 1 aliphatic rings. The van der Waals surface area contributed by atoms with E-state index in [-0.39, 0.29) is 12.3 Å². The predicted molar refractivity (Wildman–Crippen MR) is 123 cm³/mol. The van der Waals surface area contributed by atoms with Crippen LogP contribution >= 0.6 is 0 Å². The van der Waals surface area contributed by atoms with Gasteiger partial charge in [-0.1, -0.05) is 13.2 Å². The molecule has 0 spiro atoms. The van der Waals surface area contributed by atoms with Gasteiger partial charge in [0.15, 0.2) is 0 Å². The number of hydrogen-bond donors (Lipinski definition) is 3. The van der Waals surface area contributed by atoms with Crippen LogP contribution in [0.2, 0.25) is 0 Å². The van der Waals surface area contributed by atoms with Crippen LogP contribution < -0.4 is 10.6 Å². The lowest BCUT2D eigenvalue weighted by molar-refractivity contribution is -0.137. The SMILES string of the molecule is C=CC(=C)NCC(=N)c1c(-c2cnn(C3CC3)c2)ccnc1Nc1ccc(C(F)(F)F)cc1. The molecule has 0 unspecified atom stereocenters. The van der Waals surface area contributed by atoms with Crippen LogP contribution in [-0.4, -0.2) is 27.0 Å². The van der Waals surface area contributed by atoms with Gasteiger partial charge in [-0.2, -0.15) is 18.3 Å². The highest BCUT2D eigenvalue weighted by Crippen LogP contribution is 2.37. The van der Waals surface area contributed by atoms with E-state index in [1.54, 1.807) is 24.5 Å². The molecule has 0 atom stereocenters. The van der Waals surface area contributed by atoms with Crippen LogP contribution in [0.5, 0.6) is 0 Å². The van der Waals surface area contributed by atoms with E-state index >= 15 is 0 Å². The predicted octanol–water partition coefficient (Wildman–Crippen LogP) is 5.70. The number of alkyl halides is 3. The van der Waals surface area contributed by atoms with Crippen molar-refractivity contribution in [3.05, 3.63) is 85.0 Å². The lowest BCUT2D eigenvalue weighted by atomic mass is 9.99. The number of benzene rings is 1. The van der Waals surface area contributed by atoms with Crippen molar-refractivity contribution in [1.82, 2.24) is 20.1 Å². The largest absolute Gasteiger partial charge is 0.416 e. The number of nitrogens with one attached hydrogen (secondary N) is 3. The molecule has 3 N–H and O–H groups in total. The topological polar surface area (TPSA) is 78.6 Å². The third-order valence-corrected chi connectivity index (χ3v) is 5.30. The number of nitrogens with zero attached hydrogens (tertiary/aromatic N) is 3. The minimum absolute atomic E-state index is 0.169. The maximum absolute atomic E-state index is 12.9. The van der Waals surface area contributed by atoms with E-state index in [0.29, 0.717) is 28.8 Å². The lowest BCUT2D eigenvalue weighted by Crippen LogP contribution is -2.23. The molecule has 0 aliphatic heterocycles. The van der Waals surface area contributed by atoms with Crippen LogP contribution in [0.3, 0.4) is 0 Å². The molecule has 0 saturated heterocycles. The monoisotopic (exact) mass is 452 g/mol. The summed E-state index contributed by atoms with van der Waals surface area (Å²) in [5.74, 6) is 0.363. The Bertz CT molecular complexity index is 1190. The summed E-state index contributed by atoms with van der Waals surface area (Å²) in [6.45, 7) is 7.62. The zero-order valence-electron chi connectivity index (χ0n) is 17.8. The summed E-state index contributed by atoms with van der Waals surface area (Å²) in [6.07, 6.45) is 4.62. The number of anilines is 2. The first-order valence-corrected chi connectivity index (χ1v) is 10.4. The van der Waals surface area contributed by atoms with Gasteiger partial charge in [-0.05, 0) is 54.8 Å². The van der Waals surface area contributed by atoms with Crippen molar-refractivity contribution in [2.24, 2.45) is 0 Å². The van der Waals surface area contributed by atoms with Crippen LogP contribution in [0.1, 0.15) is 30.0 Å². The molecule has 0 bridgehead atoms. The van der Waals surface area contributed by atoms with Crippen LogP contribution in [0.4, 0.5) is 24.7 Å². The highest BCUT2D eigenvalue weighted by Gasteiger charge is 2.30. The smallest absolute Gasteiger partial charge is 0.380 e. The maximum atomic E-state index is 12.9. The molecule has 2 heterocycles. The van der Waals surface area contributed by atoms with Gasteiger partial charge in [0, 0.05) is 34.9 Å².